The highest BCUT2D eigenvalue weighted by Gasteiger charge is 2.49. The second-order valence-corrected chi connectivity index (χ2v) is 5.69. The maximum absolute atomic E-state index is 12.6. The van der Waals surface area contributed by atoms with Crippen molar-refractivity contribution < 1.29 is 9.59 Å². The molecule has 0 radical (unpaired) electrons. The van der Waals surface area contributed by atoms with Crippen LogP contribution < -0.4 is 16.1 Å². The second kappa shape index (κ2) is 6.74. The number of rotatable bonds is 5. The summed E-state index contributed by atoms with van der Waals surface area (Å²) in [6.07, 6.45) is 1.99. The smallest absolute Gasteiger partial charge is 0.344 e. The third kappa shape index (κ3) is 3.19. The number of amides is 3. The standard InChI is InChI=1S/C15H20N4O2S/c1-3-4-10-16-13(22)18-19-12(20)15(2,17-14(19)21)11-8-6-5-7-9-11/h5-9H,3-4,10H2,1-2H3,(H,17,21)(H2,16,18,22)/t15-/m0/s1. The van der Waals surface area contributed by atoms with Crippen LogP contribution in [0.2, 0.25) is 0 Å². The van der Waals surface area contributed by atoms with E-state index in [1.54, 1.807) is 19.1 Å². The normalized spacial score (nSPS) is 20.7. The van der Waals surface area contributed by atoms with Crippen molar-refractivity contribution in [1.82, 2.24) is 21.1 Å². The number of unbranched alkanes of at least 4 members (excludes halogenated alkanes) is 1. The lowest BCUT2D eigenvalue weighted by Gasteiger charge is -2.22. The summed E-state index contributed by atoms with van der Waals surface area (Å²) in [5.41, 5.74) is 2.29. The number of hydrogen-bond acceptors (Lipinski definition) is 3. The average Bonchev–Trinajstić information content (AvgIpc) is 2.73. The molecule has 1 aliphatic rings. The van der Waals surface area contributed by atoms with Gasteiger partial charge in [-0.1, -0.05) is 43.7 Å². The number of carbonyl (C=O) groups is 2. The summed E-state index contributed by atoms with van der Waals surface area (Å²) in [7, 11) is 0. The molecule has 6 nitrogen and oxygen atoms in total. The van der Waals surface area contributed by atoms with E-state index in [4.69, 9.17) is 12.2 Å². The topological polar surface area (TPSA) is 73.5 Å². The van der Waals surface area contributed by atoms with Gasteiger partial charge in [0.2, 0.25) is 0 Å². The summed E-state index contributed by atoms with van der Waals surface area (Å²) >= 11 is 5.11. The van der Waals surface area contributed by atoms with Gasteiger partial charge in [0.1, 0.15) is 5.54 Å². The summed E-state index contributed by atoms with van der Waals surface area (Å²) in [5.74, 6) is -0.386. The van der Waals surface area contributed by atoms with Crippen molar-refractivity contribution >= 4 is 29.3 Å². The molecule has 2 rings (SSSR count). The molecule has 1 aliphatic heterocycles. The highest BCUT2D eigenvalue weighted by Crippen LogP contribution is 2.27. The lowest BCUT2D eigenvalue weighted by atomic mass is 9.92. The van der Waals surface area contributed by atoms with Crippen molar-refractivity contribution in [3.05, 3.63) is 35.9 Å². The van der Waals surface area contributed by atoms with Crippen molar-refractivity contribution in [3.63, 3.8) is 0 Å². The minimum absolute atomic E-state index is 0.259. The molecule has 3 N–H and O–H groups in total. The maximum Gasteiger partial charge on any atom is 0.344 e. The zero-order valence-electron chi connectivity index (χ0n) is 12.7. The highest BCUT2D eigenvalue weighted by molar-refractivity contribution is 7.80. The number of hydrazine groups is 1. The Labute approximate surface area is 135 Å². The van der Waals surface area contributed by atoms with E-state index in [1.807, 2.05) is 18.2 Å². The van der Waals surface area contributed by atoms with Gasteiger partial charge < -0.3 is 10.6 Å². The largest absolute Gasteiger partial charge is 0.361 e. The van der Waals surface area contributed by atoms with Crippen molar-refractivity contribution in [3.8, 4) is 0 Å². The lowest BCUT2D eigenvalue weighted by molar-refractivity contribution is -0.132. The van der Waals surface area contributed by atoms with Crippen LogP contribution in [0.5, 0.6) is 0 Å². The number of benzene rings is 1. The predicted molar refractivity (Wildman–Crippen MR) is 87.8 cm³/mol. The van der Waals surface area contributed by atoms with Crippen molar-refractivity contribution in [2.75, 3.05) is 6.54 Å². The van der Waals surface area contributed by atoms with Crippen LogP contribution in [0.25, 0.3) is 0 Å². The van der Waals surface area contributed by atoms with E-state index in [1.165, 1.54) is 0 Å². The van der Waals surface area contributed by atoms with Crippen LogP contribution in [0.1, 0.15) is 32.3 Å². The summed E-state index contributed by atoms with van der Waals surface area (Å²) in [6.45, 7) is 4.45. The Balaban J connectivity index is 2.07. The Morgan fingerprint density at radius 1 is 1.32 bits per heavy atom. The number of nitrogens with one attached hydrogen (secondary N) is 3. The molecule has 1 saturated heterocycles. The molecule has 0 unspecified atom stereocenters. The minimum atomic E-state index is -1.09. The molecule has 0 bridgehead atoms. The summed E-state index contributed by atoms with van der Waals surface area (Å²) in [6, 6.07) is 8.60. The molecular formula is C15H20N4O2S. The molecule has 1 aromatic rings. The lowest BCUT2D eigenvalue weighted by Crippen LogP contribution is -2.51. The Morgan fingerprint density at radius 2 is 2.00 bits per heavy atom. The van der Waals surface area contributed by atoms with Crippen molar-refractivity contribution in [2.24, 2.45) is 0 Å². The molecule has 0 aliphatic carbocycles. The summed E-state index contributed by atoms with van der Waals surface area (Å²) in [4.78, 5) is 24.7. The minimum Gasteiger partial charge on any atom is -0.361 e. The van der Waals surface area contributed by atoms with Gasteiger partial charge >= 0.3 is 6.03 Å². The van der Waals surface area contributed by atoms with E-state index in [0.717, 1.165) is 23.4 Å². The highest BCUT2D eigenvalue weighted by atomic mass is 32.1. The fourth-order valence-electron chi connectivity index (χ4n) is 2.23. The first-order valence-electron chi connectivity index (χ1n) is 7.25. The average molecular weight is 320 g/mol. The van der Waals surface area contributed by atoms with Gasteiger partial charge in [0.05, 0.1) is 0 Å². The molecule has 0 spiro atoms. The first kappa shape index (κ1) is 16.2. The predicted octanol–water partition coefficient (Wildman–Crippen LogP) is 1.63. The fraction of sp³-hybridized carbons (Fsp3) is 0.400. The molecule has 1 heterocycles. The molecule has 0 aromatic heterocycles. The summed E-state index contributed by atoms with van der Waals surface area (Å²) in [5, 5.41) is 6.86. The molecule has 7 heteroatoms. The molecule has 1 aromatic carbocycles. The number of thiocarbonyl (C=S) groups is 1. The first-order chi connectivity index (χ1) is 10.5. The van der Waals surface area contributed by atoms with Crippen LogP contribution in [-0.2, 0) is 10.3 Å². The Hall–Kier alpha value is -2.15. The molecular weight excluding hydrogens is 300 g/mol. The van der Waals surface area contributed by atoms with Crippen LogP contribution >= 0.6 is 12.2 Å². The monoisotopic (exact) mass is 320 g/mol. The van der Waals surface area contributed by atoms with Crippen molar-refractivity contribution in [1.29, 1.82) is 0 Å². The van der Waals surface area contributed by atoms with Gasteiger partial charge in [0.25, 0.3) is 5.91 Å². The SMILES string of the molecule is CCCCNC(=S)NN1C(=O)N[C@@](C)(c2ccccc2)C1=O. The first-order valence-corrected chi connectivity index (χ1v) is 7.66. The van der Waals surface area contributed by atoms with E-state index in [0.29, 0.717) is 6.54 Å². The van der Waals surface area contributed by atoms with Gasteiger partial charge in [-0.15, -0.1) is 0 Å². The molecule has 22 heavy (non-hydrogen) atoms. The van der Waals surface area contributed by atoms with E-state index in [9.17, 15) is 9.59 Å². The third-order valence-corrected chi connectivity index (χ3v) is 3.81. The Bertz CT molecular complexity index is 578. The Morgan fingerprint density at radius 3 is 2.64 bits per heavy atom. The molecule has 118 valence electrons. The van der Waals surface area contributed by atoms with Crippen molar-refractivity contribution in [2.45, 2.75) is 32.2 Å². The number of urea groups is 1. The zero-order chi connectivity index (χ0) is 16.2. The molecule has 1 atom stereocenters. The summed E-state index contributed by atoms with van der Waals surface area (Å²) < 4.78 is 0. The van der Waals surface area contributed by atoms with Crippen LogP contribution in [-0.4, -0.2) is 28.6 Å². The van der Waals surface area contributed by atoms with Gasteiger partial charge in [0, 0.05) is 6.54 Å². The number of carbonyl (C=O) groups excluding carboxylic acids is 2. The maximum atomic E-state index is 12.6. The molecule has 3 amide bonds. The van der Waals surface area contributed by atoms with Gasteiger partial charge in [-0.2, -0.15) is 5.01 Å². The number of hydrogen-bond donors (Lipinski definition) is 3. The second-order valence-electron chi connectivity index (χ2n) is 5.28. The van der Waals surface area contributed by atoms with Gasteiger partial charge in [-0.3, -0.25) is 10.2 Å². The van der Waals surface area contributed by atoms with E-state index < -0.39 is 11.6 Å². The third-order valence-electron chi connectivity index (χ3n) is 3.57. The van der Waals surface area contributed by atoms with Crippen LogP contribution in [0.15, 0.2) is 30.3 Å². The van der Waals surface area contributed by atoms with E-state index in [-0.39, 0.29) is 11.0 Å². The van der Waals surface area contributed by atoms with E-state index in [2.05, 4.69) is 23.0 Å². The zero-order valence-corrected chi connectivity index (χ0v) is 13.5. The van der Waals surface area contributed by atoms with Gasteiger partial charge in [-0.25, -0.2) is 4.79 Å². The number of nitrogens with zero attached hydrogens (tertiary/aromatic N) is 1. The van der Waals surface area contributed by atoms with Crippen LogP contribution in [0, 0.1) is 0 Å². The van der Waals surface area contributed by atoms with Crippen LogP contribution in [0.3, 0.4) is 0 Å². The number of imide groups is 1. The quantitative estimate of drug-likeness (QED) is 0.437. The van der Waals surface area contributed by atoms with E-state index >= 15 is 0 Å². The van der Waals surface area contributed by atoms with Gasteiger partial charge in [0.15, 0.2) is 5.11 Å². The fourth-order valence-corrected chi connectivity index (χ4v) is 2.42. The Kier molecular flexibility index (Phi) is 4.97. The van der Waals surface area contributed by atoms with Gasteiger partial charge in [-0.05, 0) is 31.1 Å². The molecule has 1 fully saturated rings. The van der Waals surface area contributed by atoms with Crippen LogP contribution in [0.4, 0.5) is 4.79 Å². The molecule has 0 saturated carbocycles.